The molecule has 12 heteroatoms. The van der Waals surface area contributed by atoms with E-state index < -0.39 is 78.9 Å². The fraction of sp³-hybridized carbons (Fsp3) is 1.00. The number of piperidine rings is 2. The van der Waals surface area contributed by atoms with Gasteiger partial charge in [-0.3, -0.25) is 16.8 Å². The summed E-state index contributed by atoms with van der Waals surface area (Å²) in [6.07, 6.45) is 1.06. The lowest BCUT2D eigenvalue weighted by molar-refractivity contribution is -0.287. The molecule has 0 aromatic carbocycles. The van der Waals surface area contributed by atoms with Crippen molar-refractivity contribution in [1.29, 1.82) is 0 Å². The van der Waals surface area contributed by atoms with Crippen molar-refractivity contribution in [2.24, 2.45) is 5.41 Å². The second-order valence-corrected chi connectivity index (χ2v) is 21.4. The van der Waals surface area contributed by atoms with Gasteiger partial charge in [-0.25, -0.2) is 0 Å². The molecule has 35 heavy (non-hydrogen) atoms. The van der Waals surface area contributed by atoms with Crippen molar-refractivity contribution < 1.29 is 27.3 Å². The molecule has 4 unspecified atom stereocenters. The maximum Gasteiger partial charge on any atom is 0.124 e. The van der Waals surface area contributed by atoms with Crippen LogP contribution in [-0.2, 0) is 53.6 Å². The van der Waals surface area contributed by atoms with Gasteiger partial charge >= 0.3 is 0 Å². The van der Waals surface area contributed by atoms with Crippen LogP contribution >= 0.6 is 0 Å². The van der Waals surface area contributed by atoms with Crippen molar-refractivity contribution in [3.05, 3.63) is 0 Å². The highest BCUT2D eigenvalue weighted by molar-refractivity contribution is 8.06. The largest absolute Gasteiger partial charge is 0.258 e. The predicted molar refractivity (Wildman–Crippen MR) is 140 cm³/mol. The second-order valence-electron chi connectivity index (χ2n) is 13.8. The third-order valence-corrected chi connectivity index (χ3v) is 18.6. The smallest absolute Gasteiger partial charge is 0.124 e. The summed E-state index contributed by atoms with van der Waals surface area (Å²) in [4.78, 5) is 0. The molecule has 4 aliphatic heterocycles. The van der Waals surface area contributed by atoms with Crippen LogP contribution in [0.15, 0.2) is 0 Å². The molecule has 2 radical (unpaired) electrons. The average molecular weight is 569 g/mol. The van der Waals surface area contributed by atoms with Crippen molar-refractivity contribution in [2.75, 3.05) is 23.0 Å². The van der Waals surface area contributed by atoms with Gasteiger partial charge in [0.15, 0.2) is 0 Å². The quantitative estimate of drug-likeness (QED) is 0.443. The van der Waals surface area contributed by atoms with E-state index in [4.69, 9.17) is 0 Å². The molecule has 0 aliphatic carbocycles. The van der Waals surface area contributed by atoms with Gasteiger partial charge in [0, 0.05) is 93.8 Å². The zero-order valence-electron chi connectivity index (χ0n) is 22.1. The second kappa shape index (κ2) is 8.22. The van der Waals surface area contributed by atoms with Crippen LogP contribution in [0.5, 0.6) is 0 Å². The van der Waals surface area contributed by atoms with Crippen LogP contribution in [-0.4, -0.2) is 80.3 Å². The lowest BCUT2D eigenvalue weighted by Gasteiger charge is -2.59. The van der Waals surface area contributed by atoms with Crippen LogP contribution in [0, 0.1) is 5.41 Å². The Bertz CT molecular complexity index is 864. The first-order valence-electron chi connectivity index (χ1n) is 12.1. The van der Waals surface area contributed by atoms with Gasteiger partial charge in [-0.1, -0.05) is 0 Å². The summed E-state index contributed by atoms with van der Waals surface area (Å²) in [5, 5.41) is 27.9. The lowest BCUT2D eigenvalue weighted by atomic mass is 9.81. The van der Waals surface area contributed by atoms with E-state index in [1.807, 2.05) is 55.4 Å². The van der Waals surface area contributed by atoms with E-state index in [1.54, 1.807) is 0 Å². The monoisotopic (exact) mass is 568 g/mol. The highest BCUT2D eigenvalue weighted by Gasteiger charge is 2.67. The van der Waals surface area contributed by atoms with Crippen molar-refractivity contribution >= 4 is 43.2 Å². The molecule has 202 valence electrons. The summed E-state index contributed by atoms with van der Waals surface area (Å²) in [6.45, 7) is 14.5. The van der Waals surface area contributed by atoms with Crippen LogP contribution in [0.2, 0.25) is 0 Å². The summed E-state index contributed by atoms with van der Waals surface area (Å²) in [7, 11) is -6.14. The molecule has 4 atom stereocenters. The minimum atomic E-state index is -1.54. The fourth-order valence-electron chi connectivity index (χ4n) is 7.43. The molecule has 4 fully saturated rings. The maximum atomic E-state index is 13.9. The Balaban J connectivity index is 1.64. The summed E-state index contributed by atoms with van der Waals surface area (Å²) < 4.78 is 53.7. The molecule has 0 bridgehead atoms. The SMILES string of the molecule is CC1(C)CC2(CC(C)(C)N1[O])S(=O)CC1(CS2=O)CS(=O)C2(CC(C)(C)N([O])C(C)(C)C2)S(=O)C1. The van der Waals surface area contributed by atoms with E-state index in [9.17, 15) is 27.3 Å². The first-order valence-corrected chi connectivity index (χ1v) is 17.4. The number of rotatable bonds is 0. The summed E-state index contributed by atoms with van der Waals surface area (Å²) in [5.74, 6) is 0.769. The molecule has 0 saturated carbocycles. The van der Waals surface area contributed by atoms with E-state index >= 15 is 0 Å². The molecule has 0 amide bonds. The Morgan fingerprint density at radius 3 is 0.857 bits per heavy atom. The summed E-state index contributed by atoms with van der Waals surface area (Å²) in [6, 6.07) is 0. The molecule has 3 spiro atoms. The zero-order valence-corrected chi connectivity index (χ0v) is 25.4. The summed E-state index contributed by atoms with van der Waals surface area (Å²) >= 11 is 0. The molecule has 8 nitrogen and oxygen atoms in total. The van der Waals surface area contributed by atoms with Gasteiger partial charge in [0.2, 0.25) is 0 Å². The molecule has 0 aromatic heterocycles. The molecule has 0 N–H and O–H groups in total. The molecule has 4 saturated heterocycles. The first kappa shape index (κ1) is 28.4. The number of hydroxylamine groups is 4. The van der Waals surface area contributed by atoms with Gasteiger partial charge < -0.3 is 0 Å². The topological polar surface area (TPSA) is 115 Å². The Labute approximate surface area is 219 Å². The minimum absolute atomic E-state index is 0.192. The Kier molecular flexibility index (Phi) is 6.68. The van der Waals surface area contributed by atoms with Crippen LogP contribution < -0.4 is 0 Å². The highest BCUT2D eigenvalue weighted by atomic mass is 32.3. The number of hydrogen-bond acceptors (Lipinski definition) is 6. The molecular formula is C23H40N2O6S4. The maximum absolute atomic E-state index is 13.9. The lowest BCUT2D eigenvalue weighted by Crippen LogP contribution is -2.72. The third-order valence-electron chi connectivity index (χ3n) is 8.42. The Morgan fingerprint density at radius 2 is 0.657 bits per heavy atom. The van der Waals surface area contributed by atoms with Crippen LogP contribution in [0.4, 0.5) is 0 Å². The number of nitrogens with zero attached hydrogens (tertiary/aromatic N) is 2. The Morgan fingerprint density at radius 1 is 0.457 bits per heavy atom. The summed E-state index contributed by atoms with van der Waals surface area (Å²) in [5.41, 5.74) is -4.06. The predicted octanol–water partition coefficient (Wildman–Crippen LogP) is 2.38. The molecule has 0 aromatic rings. The van der Waals surface area contributed by atoms with Gasteiger partial charge in [-0.2, -0.15) is 0 Å². The van der Waals surface area contributed by atoms with Crippen LogP contribution in [0.1, 0.15) is 81.1 Å². The number of hydrogen-bond donors (Lipinski definition) is 0. The van der Waals surface area contributed by atoms with Crippen LogP contribution in [0.3, 0.4) is 0 Å². The zero-order chi connectivity index (χ0) is 26.6. The normalized spacial score (nSPS) is 43.9. The van der Waals surface area contributed by atoms with E-state index in [-0.39, 0.29) is 48.7 Å². The van der Waals surface area contributed by atoms with Crippen molar-refractivity contribution in [2.45, 2.75) is 111 Å². The van der Waals surface area contributed by atoms with Gasteiger partial charge in [0.1, 0.15) is 8.16 Å². The Hall–Kier alpha value is 0.440. The van der Waals surface area contributed by atoms with Crippen molar-refractivity contribution in [3.63, 3.8) is 0 Å². The first-order chi connectivity index (χ1) is 15.6. The molecule has 4 rings (SSSR count). The average Bonchev–Trinajstić information content (AvgIpc) is 2.66. The molecule has 4 aliphatic rings. The molecule has 4 heterocycles. The van der Waals surface area contributed by atoms with E-state index in [2.05, 4.69) is 0 Å². The van der Waals surface area contributed by atoms with Gasteiger partial charge in [-0.05, 0) is 81.1 Å². The minimum Gasteiger partial charge on any atom is -0.258 e. The van der Waals surface area contributed by atoms with E-state index in [0.29, 0.717) is 0 Å². The van der Waals surface area contributed by atoms with Crippen molar-refractivity contribution in [1.82, 2.24) is 10.1 Å². The fourth-order valence-corrected chi connectivity index (χ4v) is 19.2. The van der Waals surface area contributed by atoms with Gasteiger partial charge in [0.05, 0.1) is 0 Å². The third kappa shape index (κ3) is 4.24. The standard InChI is InChI=1S/C23H40N2O6S4/c1-17(2)9-22(10-18(3,4)24(17)26)32(28)13-21(14-33(22)29)15-34(30)23(35(31)16-21)11-19(5,6)25(27)20(7,8)12-23/h9-16H2,1-8H3. The molecular weight excluding hydrogens is 529 g/mol. The van der Waals surface area contributed by atoms with Crippen LogP contribution in [0.25, 0.3) is 0 Å². The van der Waals surface area contributed by atoms with E-state index in [1.165, 1.54) is 0 Å². The van der Waals surface area contributed by atoms with Crippen molar-refractivity contribution in [3.8, 4) is 0 Å². The van der Waals surface area contributed by atoms with Gasteiger partial charge in [0.25, 0.3) is 0 Å². The van der Waals surface area contributed by atoms with E-state index in [0.717, 1.165) is 10.1 Å². The highest BCUT2D eigenvalue weighted by Crippen LogP contribution is 2.55. The van der Waals surface area contributed by atoms with Gasteiger partial charge in [-0.15, -0.1) is 20.5 Å².